The van der Waals surface area contributed by atoms with E-state index >= 15 is 0 Å². The number of ether oxygens (including phenoxy) is 2. The molecule has 1 amide bonds. The van der Waals surface area contributed by atoms with Gasteiger partial charge in [-0.05, 0) is 36.8 Å². The highest BCUT2D eigenvalue weighted by Gasteiger charge is 2.22. The van der Waals surface area contributed by atoms with Crippen molar-refractivity contribution in [3.05, 3.63) is 56.7 Å². The summed E-state index contributed by atoms with van der Waals surface area (Å²) in [6.07, 6.45) is 0. The summed E-state index contributed by atoms with van der Waals surface area (Å²) in [5.74, 6) is -1.38. The predicted molar refractivity (Wildman–Crippen MR) is 98.5 cm³/mol. The van der Waals surface area contributed by atoms with E-state index in [0.29, 0.717) is 14.8 Å². The molecule has 2 aromatic rings. The second-order valence-electron chi connectivity index (χ2n) is 5.25. The Labute approximate surface area is 160 Å². The van der Waals surface area contributed by atoms with Crippen molar-refractivity contribution < 1.29 is 23.9 Å². The summed E-state index contributed by atoms with van der Waals surface area (Å²) in [6, 6.07) is 10.0. The van der Waals surface area contributed by atoms with Gasteiger partial charge in [0.25, 0.3) is 5.91 Å². The number of nitrogens with zero attached hydrogens (tertiary/aromatic N) is 1. The topological polar surface area (TPSA) is 72.9 Å². The highest BCUT2D eigenvalue weighted by Crippen LogP contribution is 2.21. The van der Waals surface area contributed by atoms with Gasteiger partial charge in [0.1, 0.15) is 11.4 Å². The van der Waals surface area contributed by atoms with E-state index in [1.54, 1.807) is 37.3 Å². The van der Waals surface area contributed by atoms with Crippen LogP contribution in [-0.2, 0) is 20.8 Å². The molecule has 0 aliphatic rings. The van der Waals surface area contributed by atoms with Gasteiger partial charge in [-0.15, -0.1) is 11.3 Å². The molecule has 1 aromatic heterocycles. The van der Waals surface area contributed by atoms with Crippen LogP contribution in [0.2, 0.25) is 5.02 Å². The average Bonchev–Trinajstić information content (AvgIpc) is 3.12. The maximum Gasteiger partial charge on any atom is 0.348 e. The summed E-state index contributed by atoms with van der Waals surface area (Å²) in [7, 11) is 1.27. The minimum absolute atomic E-state index is 0.194. The van der Waals surface area contributed by atoms with Gasteiger partial charge < -0.3 is 14.4 Å². The third kappa shape index (κ3) is 5.31. The molecule has 6 nitrogen and oxygen atoms in total. The Kier molecular flexibility index (Phi) is 7.17. The van der Waals surface area contributed by atoms with E-state index in [1.807, 2.05) is 0 Å². The third-order valence-electron chi connectivity index (χ3n) is 3.40. The molecular weight excluding hydrogens is 378 g/mol. The van der Waals surface area contributed by atoms with Gasteiger partial charge in [0.05, 0.1) is 18.6 Å². The number of methoxy groups -OCH3 is 1. The Morgan fingerprint density at radius 3 is 2.35 bits per heavy atom. The smallest absolute Gasteiger partial charge is 0.348 e. The van der Waals surface area contributed by atoms with Crippen molar-refractivity contribution in [1.82, 2.24) is 4.90 Å². The third-order valence-corrected chi connectivity index (χ3v) is 4.71. The summed E-state index contributed by atoms with van der Waals surface area (Å²) >= 11 is 6.90. The summed E-state index contributed by atoms with van der Waals surface area (Å²) in [5, 5.41) is 0.581. The molecule has 138 valence electrons. The van der Waals surface area contributed by atoms with Gasteiger partial charge >= 0.3 is 11.9 Å². The second-order valence-corrected chi connectivity index (χ2v) is 6.77. The standard InChI is InChI=1S/C18H18ClNO5S/c1-3-25-16(21)11-20(10-12-4-6-13(19)7-5-12)17(22)14-8-9-15(26-14)18(23)24-2/h4-9H,3,10-11H2,1-2H3. The van der Waals surface area contributed by atoms with E-state index in [9.17, 15) is 14.4 Å². The van der Waals surface area contributed by atoms with Gasteiger partial charge in [-0.2, -0.15) is 0 Å². The summed E-state index contributed by atoms with van der Waals surface area (Å²) in [6.45, 7) is 1.94. The summed E-state index contributed by atoms with van der Waals surface area (Å²) in [4.78, 5) is 38.3. The summed E-state index contributed by atoms with van der Waals surface area (Å²) < 4.78 is 9.60. The van der Waals surface area contributed by atoms with Gasteiger partial charge in [-0.1, -0.05) is 23.7 Å². The van der Waals surface area contributed by atoms with Crippen LogP contribution in [0.15, 0.2) is 36.4 Å². The van der Waals surface area contributed by atoms with Crippen LogP contribution in [0.5, 0.6) is 0 Å². The zero-order chi connectivity index (χ0) is 19.1. The van der Waals surface area contributed by atoms with E-state index < -0.39 is 11.9 Å². The molecule has 1 aromatic carbocycles. The Bertz CT molecular complexity index is 787. The Morgan fingerprint density at radius 1 is 1.08 bits per heavy atom. The monoisotopic (exact) mass is 395 g/mol. The zero-order valence-electron chi connectivity index (χ0n) is 14.4. The minimum atomic E-state index is -0.510. The van der Waals surface area contributed by atoms with Crippen molar-refractivity contribution in [1.29, 1.82) is 0 Å². The number of rotatable bonds is 7. The van der Waals surface area contributed by atoms with Crippen molar-refractivity contribution >= 4 is 40.8 Å². The maximum absolute atomic E-state index is 12.8. The largest absolute Gasteiger partial charge is 0.465 e. The fourth-order valence-electron chi connectivity index (χ4n) is 2.19. The molecule has 0 spiro atoms. The second kappa shape index (κ2) is 9.35. The van der Waals surface area contributed by atoms with Crippen molar-refractivity contribution in [2.45, 2.75) is 13.5 Å². The normalized spacial score (nSPS) is 10.3. The first-order valence-electron chi connectivity index (χ1n) is 7.82. The first-order chi connectivity index (χ1) is 12.4. The molecule has 0 aliphatic carbocycles. The fraction of sp³-hybridized carbons (Fsp3) is 0.278. The minimum Gasteiger partial charge on any atom is -0.465 e. The number of carbonyl (C=O) groups is 3. The van der Waals surface area contributed by atoms with Crippen LogP contribution < -0.4 is 0 Å². The van der Waals surface area contributed by atoms with Crippen LogP contribution in [-0.4, -0.2) is 43.0 Å². The van der Waals surface area contributed by atoms with Crippen LogP contribution in [0.3, 0.4) is 0 Å². The number of benzene rings is 1. The summed E-state index contributed by atoms with van der Waals surface area (Å²) in [5.41, 5.74) is 0.816. The number of amides is 1. The fourth-order valence-corrected chi connectivity index (χ4v) is 3.21. The molecule has 26 heavy (non-hydrogen) atoms. The van der Waals surface area contributed by atoms with Gasteiger partial charge in [-0.25, -0.2) is 4.79 Å². The van der Waals surface area contributed by atoms with E-state index in [4.69, 9.17) is 16.3 Å². The molecule has 0 saturated heterocycles. The number of hydrogen-bond donors (Lipinski definition) is 0. The number of hydrogen-bond acceptors (Lipinski definition) is 6. The Morgan fingerprint density at radius 2 is 1.73 bits per heavy atom. The van der Waals surface area contributed by atoms with E-state index in [-0.39, 0.29) is 25.6 Å². The van der Waals surface area contributed by atoms with Gasteiger partial charge in [0.15, 0.2) is 0 Å². The highest BCUT2D eigenvalue weighted by molar-refractivity contribution is 7.15. The van der Waals surface area contributed by atoms with E-state index in [0.717, 1.165) is 16.9 Å². The molecule has 1 heterocycles. The van der Waals surface area contributed by atoms with Crippen molar-refractivity contribution in [2.75, 3.05) is 20.3 Å². The zero-order valence-corrected chi connectivity index (χ0v) is 15.9. The first-order valence-corrected chi connectivity index (χ1v) is 9.01. The molecule has 0 bridgehead atoms. The SMILES string of the molecule is CCOC(=O)CN(Cc1ccc(Cl)cc1)C(=O)c1ccc(C(=O)OC)s1. The molecule has 8 heteroatoms. The van der Waals surface area contributed by atoms with E-state index in [1.165, 1.54) is 18.1 Å². The van der Waals surface area contributed by atoms with Crippen LogP contribution in [0.1, 0.15) is 31.8 Å². The van der Waals surface area contributed by atoms with Crippen molar-refractivity contribution in [3.8, 4) is 0 Å². The van der Waals surface area contributed by atoms with Crippen molar-refractivity contribution in [2.24, 2.45) is 0 Å². The molecule has 0 fully saturated rings. The predicted octanol–water partition coefficient (Wildman–Crippen LogP) is 3.39. The molecular formula is C18H18ClNO5S. The van der Waals surface area contributed by atoms with Gasteiger partial charge in [0, 0.05) is 11.6 Å². The lowest BCUT2D eigenvalue weighted by Crippen LogP contribution is -2.35. The van der Waals surface area contributed by atoms with Crippen LogP contribution in [0.4, 0.5) is 0 Å². The van der Waals surface area contributed by atoms with Gasteiger partial charge in [-0.3, -0.25) is 9.59 Å². The molecule has 0 aliphatic heterocycles. The van der Waals surface area contributed by atoms with Crippen LogP contribution in [0.25, 0.3) is 0 Å². The lowest BCUT2D eigenvalue weighted by atomic mass is 10.2. The van der Waals surface area contributed by atoms with Crippen LogP contribution >= 0.6 is 22.9 Å². The molecule has 0 unspecified atom stereocenters. The number of carbonyl (C=O) groups excluding carboxylic acids is 3. The molecule has 0 radical (unpaired) electrons. The Balaban J connectivity index is 2.22. The molecule has 0 N–H and O–H groups in total. The number of esters is 2. The average molecular weight is 396 g/mol. The lowest BCUT2D eigenvalue weighted by molar-refractivity contribution is -0.143. The quantitative estimate of drug-likeness (QED) is 0.672. The number of halogens is 1. The van der Waals surface area contributed by atoms with E-state index in [2.05, 4.69) is 4.74 Å². The molecule has 0 saturated carbocycles. The van der Waals surface area contributed by atoms with Crippen LogP contribution in [0, 0.1) is 0 Å². The maximum atomic E-state index is 12.8. The lowest BCUT2D eigenvalue weighted by Gasteiger charge is -2.21. The first kappa shape index (κ1) is 19.9. The highest BCUT2D eigenvalue weighted by atomic mass is 35.5. The Hall–Kier alpha value is -2.38. The van der Waals surface area contributed by atoms with Crippen molar-refractivity contribution in [3.63, 3.8) is 0 Å². The number of thiophene rings is 1. The molecule has 2 rings (SSSR count). The van der Waals surface area contributed by atoms with Gasteiger partial charge in [0.2, 0.25) is 0 Å². The molecule has 0 atom stereocenters.